The zero-order chi connectivity index (χ0) is 16.0. The van der Waals surface area contributed by atoms with E-state index in [1.165, 1.54) is 5.69 Å². The van der Waals surface area contributed by atoms with E-state index in [0.717, 1.165) is 32.6 Å². The summed E-state index contributed by atoms with van der Waals surface area (Å²) in [7, 11) is 0. The number of aliphatic hydroxyl groups is 1. The standard InChI is InChI=1S/C18H30N2O2/c1-4-18(2,3)22-15-17(21)14-19-10-12-20(13-11-19)16-8-6-5-7-9-16/h5-9,17,21H,4,10-15H2,1-3H3. The van der Waals surface area contributed by atoms with E-state index in [1.807, 2.05) is 6.07 Å². The SMILES string of the molecule is CCC(C)(C)OCC(O)CN1CCN(c2ccccc2)CC1. The molecule has 1 aliphatic heterocycles. The van der Waals surface area contributed by atoms with Crippen molar-refractivity contribution in [3.05, 3.63) is 30.3 Å². The molecule has 1 aliphatic rings. The minimum absolute atomic E-state index is 0.146. The molecular weight excluding hydrogens is 276 g/mol. The number of hydrogen-bond acceptors (Lipinski definition) is 4. The van der Waals surface area contributed by atoms with Gasteiger partial charge in [0.25, 0.3) is 0 Å². The normalized spacial score (nSPS) is 18.5. The molecule has 1 saturated heterocycles. The second-order valence-electron chi connectivity index (χ2n) is 6.70. The van der Waals surface area contributed by atoms with Crippen LogP contribution in [0.4, 0.5) is 5.69 Å². The fourth-order valence-electron chi connectivity index (χ4n) is 2.60. The fraction of sp³-hybridized carbons (Fsp3) is 0.667. The lowest BCUT2D eigenvalue weighted by Gasteiger charge is -2.37. The highest BCUT2D eigenvalue weighted by molar-refractivity contribution is 5.46. The molecule has 0 aliphatic carbocycles. The maximum absolute atomic E-state index is 10.2. The van der Waals surface area contributed by atoms with Gasteiger partial charge in [0.15, 0.2) is 0 Å². The quantitative estimate of drug-likeness (QED) is 0.839. The van der Waals surface area contributed by atoms with E-state index in [4.69, 9.17) is 4.74 Å². The van der Waals surface area contributed by atoms with E-state index < -0.39 is 6.10 Å². The van der Waals surface area contributed by atoms with Gasteiger partial charge in [0.2, 0.25) is 0 Å². The summed E-state index contributed by atoms with van der Waals surface area (Å²) in [6, 6.07) is 10.5. The molecule has 0 spiro atoms. The summed E-state index contributed by atoms with van der Waals surface area (Å²) in [6.45, 7) is 11.4. The second kappa shape index (κ2) is 7.95. The van der Waals surface area contributed by atoms with Crippen LogP contribution in [0.5, 0.6) is 0 Å². The Labute approximate surface area is 134 Å². The molecule has 0 saturated carbocycles. The fourth-order valence-corrected chi connectivity index (χ4v) is 2.60. The van der Waals surface area contributed by atoms with Crippen molar-refractivity contribution >= 4 is 5.69 Å². The summed E-state index contributed by atoms with van der Waals surface area (Å²) in [5, 5.41) is 10.2. The van der Waals surface area contributed by atoms with Gasteiger partial charge in [0.05, 0.1) is 18.3 Å². The van der Waals surface area contributed by atoms with E-state index in [-0.39, 0.29) is 5.60 Å². The first-order chi connectivity index (χ1) is 10.5. The van der Waals surface area contributed by atoms with Crippen LogP contribution >= 0.6 is 0 Å². The van der Waals surface area contributed by atoms with Crippen LogP contribution in [-0.2, 0) is 4.74 Å². The Kier molecular flexibility index (Phi) is 6.24. The first-order valence-electron chi connectivity index (χ1n) is 8.34. The van der Waals surface area contributed by atoms with Gasteiger partial charge in [0, 0.05) is 38.4 Å². The molecule has 1 aromatic carbocycles. The molecule has 124 valence electrons. The average Bonchev–Trinajstić information content (AvgIpc) is 2.55. The average molecular weight is 306 g/mol. The number of piperazine rings is 1. The van der Waals surface area contributed by atoms with Gasteiger partial charge >= 0.3 is 0 Å². The second-order valence-corrected chi connectivity index (χ2v) is 6.70. The molecule has 4 nitrogen and oxygen atoms in total. The van der Waals surface area contributed by atoms with Gasteiger partial charge < -0.3 is 14.7 Å². The third-order valence-corrected chi connectivity index (χ3v) is 4.48. The minimum atomic E-state index is -0.408. The summed E-state index contributed by atoms with van der Waals surface area (Å²) in [5.74, 6) is 0. The van der Waals surface area contributed by atoms with Gasteiger partial charge in [-0.05, 0) is 32.4 Å². The molecule has 1 unspecified atom stereocenters. The first kappa shape index (κ1) is 17.3. The zero-order valence-corrected chi connectivity index (χ0v) is 14.2. The van der Waals surface area contributed by atoms with Crippen LogP contribution in [0.15, 0.2) is 30.3 Å². The first-order valence-corrected chi connectivity index (χ1v) is 8.34. The summed E-state index contributed by atoms with van der Waals surface area (Å²) >= 11 is 0. The molecule has 4 heteroatoms. The van der Waals surface area contributed by atoms with Crippen LogP contribution < -0.4 is 4.90 Å². The molecule has 1 fully saturated rings. The van der Waals surface area contributed by atoms with Gasteiger partial charge in [0.1, 0.15) is 0 Å². The number of benzene rings is 1. The Balaban J connectivity index is 1.71. The number of β-amino-alcohol motifs (C(OH)–C–C–N with tert-alkyl or cyclic N) is 1. The molecule has 2 rings (SSSR count). The number of hydrogen-bond donors (Lipinski definition) is 1. The predicted octanol–water partition coefficient (Wildman–Crippen LogP) is 2.37. The van der Waals surface area contributed by atoms with Crippen molar-refractivity contribution in [3.8, 4) is 0 Å². The van der Waals surface area contributed by atoms with Crippen molar-refractivity contribution in [2.75, 3.05) is 44.2 Å². The number of aliphatic hydroxyl groups excluding tert-OH is 1. The molecule has 0 radical (unpaired) electrons. The van der Waals surface area contributed by atoms with Crippen molar-refractivity contribution in [1.82, 2.24) is 4.90 Å². The molecule has 0 bridgehead atoms. The van der Waals surface area contributed by atoms with Gasteiger partial charge in [-0.15, -0.1) is 0 Å². The number of ether oxygens (including phenoxy) is 1. The van der Waals surface area contributed by atoms with Crippen LogP contribution in [-0.4, -0.2) is 61.0 Å². The van der Waals surface area contributed by atoms with E-state index >= 15 is 0 Å². The van der Waals surface area contributed by atoms with E-state index in [0.29, 0.717) is 13.2 Å². The van der Waals surface area contributed by atoms with Gasteiger partial charge in [-0.1, -0.05) is 25.1 Å². The zero-order valence-electron chi connectivity index (χ0n) is 14.2. The van der Waals surface area contributed by atoms with E-state index in [2.05, 4.69) is 54.8 Å². The van der Waals surface area contributed by atoms with Gasteiger partial charge in [-0.3, -0.25) is 4.90 Å². The van der Waals surface area contributed by atoms with Crippen molar-refractivity contribution in [2.24, 2.45) is 0 Å². The molecule has 22 heavy (non-hydrogen) atoms. The summed E-state index contributed by atoms with van der Waals surface area (Å²) < 4.78 is 5.79. The smallest absolute Gasteiger partial charge is 0.0900 e. The molecule has 0 amide bonds. The van der Waals surface area contributed by atoms with E-state index in [9.17, 15) is 5.11 Å². The van der Waals surface area contributed by atoms with Crippen LogP contribution in [0.25, 0.3) is 0 Å². The monoisotopic (exact) mass is 306 g/mol. The Morgan fingerprint density at radius 1 is 1.14 bits per heavy atom. The number of anilines is 1. The molecule has 0 aromatic heterocycles. The summed E-state index contributed by atoms with van der Waals surface area (Å²) in [6.07, 6.45) is 0.546. The number of nitrogens with zero attached hydrogens (tertiary/aromatic N) is 2. The molecule has 1 N–H and O–H groups in total. The van der Waals surface area contributed by atoms with Crippen LogP contribution in [0.1, 0.15) is 27.2 Å². The lowest BCUT2D eigenvalue weighted by Crippen LogP contribution is -2.49. The molecular formula is C18H30N2O2. The van der Waals surface area contributed by atoms with Crippen molar-refractivity contribution in [2.45, 2.75) is 38.9 Å². The van der Waals surface area contributed by atoms with Gasteiger partial charge in [-0.25, -0.2) is 0 Å². The highest BCUT2D eigenvalue weighted by Gasteiger charge is 2.21. The van der Waals surface area contributed by atoms with Crippen LogP contribution in [0.2, 0.25) is 0 Å². The Hall–Kier alpha value is -1.10. The molecule has 1 aromatic rings. The topological polar surface area (TPSA) is 35.9 Å². The maximum Gasteiger partial charge on any atom is 0.0900 e. The highest BCUT2D eigenvalue weighted by atomic mass is 16.5. The molecule has 1 atom stereocenters. The summed E-state index contributed by atoms with van der Waals surface area (Å²) in [5.41, 5.74) is 1.14. The maximum atomic E-state index is 10.2. The Bertz CT molecular complexity index is 428. The number of rotatable bonds is 7. The van der Waals surface area contributed by atoms with E-state index in [1.54, 1.807) is 0 Å². The van der Waals surface area contributed by atoms with Crippen LogP contribution in [0.3, 0.4) is 0 Å². The van der Waals surface area contributed by atoms with Crippen LogP contribution in [0, 0.1) is 0 Å². The van der Waals surface area contributed by atoms with Crippen molar-refractivity contribution in [3.63, 3.8) is 0 Å². The lowest BCUT2D eigenvalue weighted by molar-refractivity contribution is -0.0674. The third-order valence-electron chi connectivity index (χ3n) is 4.48. The number of para-hydroxylation sites is 1. The molecule has 1 heterocycles. The summed E-state index contributed by atoms with van der Waals surface area (Å²) in [4.78, 5) is 4.73. The predicted molar refractivity (Wildman–Crippen MR) is 91.4 cm³/mol. The van der Waals surface area contributed by atoms with Crippen molar-refractivity contribution < 1.29 is 9.84 Å². The van der Waals surface area contributed by atoms with Gasteiger partial charge in [-0.2, -0.15) is 0 Å². The third kappa shape index (κ3) is 5.27. The van der Waals surface area contributed by atoms with Crippen molar-refractivity contribution in [1.29, 1.82) is 0 Å². The Morgan fingerprint density at radius 2 is 1.77 bits per heavy atom. The minimum Gasteiger partial charge on any atom is -0.389 e. The lowest BCUT2D eigenvalue weighted by atomic mass is 10.1. The Morgan fingerprint density at radius 3 is 2.36 bits per heavy atom. The largest absolute Gasteiger partial charge is 0.389 e. The highest BCUT2D eigenvalue weighted by Crippen LogP contribution is 2.16.